The van der Waals surface area contributed by atoms with Gasteiger partial charge in [0.25, 0.3) is 0 Å². The smallest absolute Gasteiger partial charge is 0.322 e. The molecule has 1 saturated carbocycles. The SMILES string of the molecule is NC(=O)Cc1ccccc1NC(=O)N1CCCC1C1CCCC1. The van der Waals surface area contributed by atoms with Crippen molar-refractivity contribution in [2.75, 3.05) is 11.9 Å². The van der Waals surface area contributed by atoms with Crippen LogP contribution in [0, 0.1) is 5.92 Å². The summed E-state index contributed by atoms with van der Waals surface area (Å²) in [7, 11) is 0. The molecule has 3 rings (SSSR count). The van der Waals surface area contributed by atoms with Gasteiger partial charge in [0.15, 0.2) is 0 Å². The quantitative estimate of drug-likeness (QED) is 0.896. The van der Waals surface area contributed by atoms with Gasteiger partial charge in [-0.25, -0.2) is 4.79 Å². The van der Waals surface area contributed by atoms with Crippen LogP contribution in [-0.4, -0.2) is 29.4 Å². The van der Waals surface area contributed by atoms with Crippen molar-refractivity contribution in [3.63, 3.8) is 0 Å². The summed E-state index contributed by atoms with van der Waals surface area (Å²) < 4.78 is 0. The molecule has 1 unspecified atom stereocenters. The summed E-state index contributed by atoms with van der Waals surface area (Å²) in [4.78, 5) is 25.9. The lowest BCUT2D eigenvalue weighted by Crippen LogP contribution is -2.42. The number of hydrogen-bond acceptors (Lipinski definition) is 2. The van der Waals surface area contributed by atoms with Gasteiger partial charge in [0.05, 0.1) is 6.42 Å². The van der Waals surface area contributed by atoms with Crippen molar-refractivity contribution in [3.05, 3.63) is 29.8 Å². The highest BCUT2D eigenvalue weighted by molar-refractivity contribution is 5.91. The highest BCUT2D eigenvalue weighted by Crippen LogP contribution is 2.35. The van der Waals surface area contributed by atoms with Crippen LogP contribution in [0.3, 0.4) is 0 Å². The van der Waals surface area contributed by atoms with Gasteiger partial charge in [-0.2, -0.15) is 0 Å². The van der Waals surface area contributed by atoms with Gasteiger partial charge in [0, 0.05) is 18.3 Å². The van der Waals surface area contributed by atoms with Crippen molar-refractivity contribution in [1.82, 2.24) is 4.90 Å². The molecule has 5 heteroatoms. The fraction of sp³-hybridized carbons (Fsp3) is 0.556. The van der Waals surface area contributed by atoms with Crippen molar-refractivity contribution in [1.29, 1.82) is 0 Å². The average molecular weight is 315 g/mol. The lowest BCUT2D eigenvalue weighted by atomic mass is 9.96. The number of amides is 3. The number of carbonyl (C=O) groups excluding carboxylic acids is 2. The summed E-state index contributed by atoms with van der Waals surface area (Å²) >= 11 is 0. The molecule has 0 bridgehead atoms. The second-order valence-corrected chi connectivity index (χ2v) is 6.68. The number of likely N-dealkylation sites (tertiary alicyclic amines) is 1. The zero-order chi connectivity index (χ0) is 16.2. The number of anilines is 1. The van der Waals surface area contributed by atoms with E-state index in [4.69, 9.17) is 5.73 Å². The number of carbonyl (C=O) groups is 2. The molecule has 1 atom stereocenters. The number of urea groups is 1. The van der Waals surface area contributed by atoms with Crippen LogP contribution >= 0.6 is 0 Å². The van der Waals surface area contributed by atoms with Gasteiger partial charge in [-0.1, -0.05) is 31.0 Å². The first-order valence-corrected chi connectivity index (χ1v) is 8.59. The Morgan fingerprint density at radius 2 is 1.87 bits per heavy atom. The molecule has 3 N–H and O–H groups in total. The number of rotatable bonds is 4. The van der Waals surface area contributed by atoms with E-state index in [-0.39, 0.29) is 12.5 Å². The third-order valence-corrected chi connectivity index (χ3v) is 5.13. The lowest BCUT2D eigenvalue weighted by molar-refractivity contribution is -0.117. The summed E-state index contributed by atoms with van der Waals surface area (Å²) in [6.45, 7) is 0.824. The van der Waals surface area contributed by atoms with E-state index in [1.807, 2.05) is 29.2 Å². The van der Waals surface area contributed by atoms with Gasteiger partial charge in [0.2, 0.25) is 5.91 Å². The number of hydrogen-bond donors (Lipinski definition) is 2. The Balaban J connectivity index is 1.70. The van der Waals surface area contributed by atoms with Crippen LogP contribution in [0.4, 0.5) is 10.5 Å². The number of benzene rings is 1. The highest BCUT2D eigenvalue weighted by atomic mass is 16.2. The maximum atomic E-state index is 12.7. The van der Waals surface area contributed by atoms with Gasteiger partial charge >= 0.3 is 6.03 Å². The van der Waals surface area contributed by atoms with Gasteiger partial charge in [-0.15, -0.1) is 0 Å². The predicted octanol–water partition coefficient (Wildman–Crippen LogP) is 2.90. The Morgan fingerprint density at radius 1 is 1.13 bits per heavy atom. The average Bonchev–Trinajstić information content (AvgIpc) is 3.19. The molecule has 124 valence electrons. The Labute approximate surface area is 137 Å². The van der Waals surface area contributed by atoms with Crippen LogP contribution in [0.1, 0.15) is 44.1 Å². The third-order valence-electron chi connectivity index (χ3n) is 5.13. The molecule has 0 aromatic heterocycles. The molecule has 0 radical (unpaired) electrons. The fourth-order valence-electron chi connectivity index (χ4n) is 4.05. The second-order valence-electron chi connectivity index (χ2n) is 6.68. The molecule has 1 aromatic carbocycles. The highest BCUT2D eigenvalue weighted by Gasteiger charge is 2.36. The van der Waals surface area contributed by atoms with Gasteiger partial charge in [-0.3, -0.25) is 4.79 Å². The number of nitrogens with zero attached hydrogens (tertiary/aromatic N) is 1. The number of nitrogens with two attached hydrogens (primary N) is 1. The Kier molecular flexibility index (Phi) is 4.84. The fourth-order valence-corrected chi connectivity index (χ4v) is 4.05. The standard InChI is InChI=1S/C18H25N3O2/c19-17(22)12-14-8-3-4-9-15(14)20-18(23)21-11-5-10-16(21)13-6-1-2-7-13/h3-4,8-9,13,16H,1-2,5-7,10-12H2,(H2,19,22)(H,20,23). The zero-order valence-corrected chi connectivity index (χ0v) is 13.5. The van der Waals surface area contributed by atoms with Crippen molar-refractivity contribution in [3.8, 4) is 0 Å². The molecule has 2 fully saturated rings. The molecule has 2 aliphatic rings. The molecular weight excluding hydrogens is 290 g/mol. The maximum Gasteiger partial charge on any atom is 0.322 e. The van der Waals surface area contributed by atoms with Crippen LogP contribution in [0.5, 0.6) is 0 Å². The van der Waals surface area contributed by atoms with Gasteiger partial charge < -0.3 is 16.0 Å². The summed E-state index contributed by atoms with van der Waals surface area (Å²) in [5.74, 6) is 0.265. The van der Waals surface area contributed by atoms with E-state index in [1.54, 1.807) is 0 Å². The van der Waals surface area contributed by atoms with E-state index in [2.05, 4.69) is 5.32 Å². The first-order valence-electron chi connectivity index (χ1n) is 8.59. The number of primary amides is 1. The summed E-state index contributed by atoms with van der Waals surface area (Å²) in [6.07, 6.45) is 7.40. The van der Waals surface area contributed by atoms with Crippen molar-refractivity contribution >= 4 is 17.6 Å². The normalized spacial score (nSPS) is 21.6. The van der Waals surface area contributed by atoms with Gasteiger partial charge in [-0.05, 0) is 43.2 Å². The predicted molar refractivity (Wildman–Crippen MR) is 90.0 cm³/mol. The zero-order valence-electron chi connectivity index (χ0n) is 13.5. The molecule has 23 heavy (non-hydrogen) atoms. The molecule has 0 spiro atoms. The molecule has 1 heterocycles. The summed E-state index contributed by atoms with van der Waals surface area (Å²) in [5.41, 5.74) is 6.75. The van der Waals surface area contributed by atoms with E-state index in [9.17, 15) is 9.59 Å². The second kappa shape index (κ2) is 7.02. The van der Waals surface area contributed by atoms with E-state index >= 15 is 0 Å². The molecule has 5 nitrogen and oxygen atoms in total. The van der Waals surface area contributed by atoms with Crippen LogP contribution in [-0.2, 0) is 11.2 Å². The van der Waals surface area contributed by atoms with Crippen LogP contribution in [0.15, 0.2) is 24.3 Å². The molecule has 1 aromatic rings. The van der Waals surface area contributed by atoms with Gasteiger partial charge in [0.1, 0.15) is 0 Å². The largest absolute Gasteiger partial charge is 0.369 e. The number of nitrogens with one attached hydrogen (secondary N) is 1. The minimum atomic E-state index is -0.392. The molecule has 3 amide bonds. The van der Waals surface area contributed by atoms with Crippen molar-refractivity contribution in [2.24, 2.45) is 11.7 Å². The van der Waals surface area contributed by atoms with Crippen LogP contribution in [0.2, 0.25) is 0 Å². The van der Waals surface area contributed by atoms with E-state index in [1.165, 1.54) is 25.7 Å². The topological polar surface area (TPSA) is 75.4 Å². The Morgan fingerprint density at radius 3 is 2.61 bits per heavy atom. The third kappa shape index (κ3) is 3.66. The minimum Gasteiger partial charge on any atom is -0.369 e. The lowest BCUT2D eigenvalue weighted by Gasteiger charge is -2.29. The molecular formula is C18H25N3O2. The van der Waals surface area contributed by atoms with Crippen LogP contribution in [0.25, 0.3) is 0 Å². The summed E-state index contributed by atoms with van der Waals surface area (Å²) in [6, 6.07) is 7.70. The maximum absolute atomic E-state index is 12.7. The molecule has 1 aliphatic carbocycles. The number of para-hydroxylation sites is 1. The monoisotopic (exact) mass is 315 g/mol. The van der Waals surface area contributed by atoms with Crippen molar-refractivity contribution in [2.45, 2.75) is 51.0 Å². The minimum absolute atomic E-state index is 0.0451. The first-order chi connectivity index (χ1) is 11.1. The van der Waals surface area contributed by atoms with E-state index in [0.717, 1.165) is 24.9 Å². The molecule has 1 aliphatic heterocycles. The Bertz CT molecular complexity index is 581. The van der Waals surface area contributed by atoms with Crippen LogP contribution < -0.4 is 11.1 Å². The van der Waals surface area contributed by atoms with Crippen molar-refractivity contribution < 1.29 is 9.59 Å². The first kappa shape index (κ1) is 15.8. The molecule has 1 saturated heterocycles. The Hall–Kier alpha value is -2.04. The van der Waals surface area contributed by atoms with E-state index < -0.39 is 5.91 Å². The summed E-state index contributed by atoms with van der Waals surface area (Å²) in [5, 5.41) is 2.99. The van der Waals surface area contributed by atoms with E-state index in [0.29, 0.717) is 17.6 Å².